The third-order valence-corrected chi connectivity index (χ3v) is 7.67. The van der Waals surface area contributed by atoms with Crippen LogP contribution in [0.5, 0.6) is 11.5 Å². The number of benzene rings is 3. The van der Waals surface area contributed by atoms with Crippen LogP contribution in [0.25, 0.3) is 0 Å². The first-order valence-corrected chi connectivity index (χ1v) is 16.4. The summed E-state index contributed by atoms with van der Waals surface area (Å²) in [4.78, 5) is 27.7. The number of anilines is 1. The Kier molecular flexibility index (Phi) is 14.3. The van der Waals surface area contributed by atoms with Gasteiger partial charge in [0, 0.05) is 12.1 Å². The summed E-state index contributed by atoms with van der Waals surface area (Å²) in [6.45, 7) is 14.3. The number of carbonyl (C=O) groups excluding carboxylic acids is 2. The van der Waals surface area contributed by atoms with Crippen molar-refractivity contribution < 1.29 is 23.8 Å². The van der Waals surface area contributed by atoms with Gasteiger partial charge in [-0.1, -0.05) is 108 Å². The Morgan fingerprint density at radius 3 is 2.18 bits per heavy atom. The van der Waals surface area contributed by atoms with Crippen LogP contribution in [0.2, 0.25) is 0 Å². The van der Waals surface area contributed by atoms with E-state index in [2.05, 4.69) is 57.3 Å². The number of amides is 2. The summed E-state index contributed by atoms with van der Waals surface area (Å²) in [5.74, 6) is 0.582. The number of hydrogen-bond acceptors (Lipinski definition) is 5. The number of rotatable bonds is 17. The average molecular weight is 617 g/mol. The molecule has 0 spiro atoms. The summed E-state index contributed by atoms with van der Waals surface area (Å²) in [5.41, 5.74) is 3.92. The Balaban J connectivity index is 1.72. The number of carbonyl (C=O) groups is 2. The molecule has 0 aliphatic rings. The van der Waals surface area contributed by atoms with Gasteiger partial charge < -0.3 is 24.4 Å². The number of esters is 1. The number of para-hydroxylation sites is 3. The van der Waals surface area contributed by atoms with Crippen LogP contribution in [0.3, 0.4) is 0 Å². The molecule has 0 radical (unpaired) electrons. The summed E-state index contributed by atoms with van der Waals surface area (Å²) in [6, 6.07) is 23.5. The van der Waals surface area contributed by atoms with Crippen molar-refractivity contribution in [3.63, 3.8) is 0 Å². The molecule has 1 atom stereocenters. The molecule has 7 nitrogen and oxygen atoms in total. The van der Waals surface area contributed by atoms with Gasteiger partial charge in [-0.25, -0.2) is 4.79 Å². The maximum absolute atomic E-state index is 13.8. The van der Waals surface area contributed by atoms with Crippen molar-refractivity contribution in [3.05, 3.63) is 89.5 Å². The quantitative estimate of drug-likeness (QED) is 0.121. The van der Waals surface area contributed by atoms with Crippen molar-refractivity contribution in [2.24, 2.45) is 5.92 Å². The number of nitrogens with zero attached hydrogens (tertiary/aromatic N) is 1. The third-order valence-electron chi connectivity index (χ3n) is 7.67. The van der Waals surface area contributed by atoms with E-state index in [1.165, 1.54) is 12.0 Å². The summed E-state index contributed by atoms with van der Waals surface area (Å²) >= 11 is 0. The van der Waals surface area contributed by atoms with E-state index in [9.17, 15) is 9.59 Å². The maximum Gasteiger partial charge on any atom is 0.322 e. The zero-order chi connectivity index (χ0) is 32.7. The second-order valence-corrected chi connectivity index (χ2v) is 12.6. The molecule has 0 saturated carbocycles. The molecule has 0 bridgehead atoms. The minimum absolute atomic E-state index is 0.0891. The Bertz CT molecular complexity index is 1330. The first-order chi connectivity index (χ1) is 21.6. The minimum atomic E-state index is -0.399. The molecular formula is C38H52N2O5. The van der Waals surface area contributed by atoms with Crippen LogP contribution >= 0.6 is 0 Å². The Hall–Kier alpha value is -4.00. The highest BCUT2D eigenvalue weighted by molar-refractivity contribution is 5.91. The minimum Gasteiger partial charge on any atom is -0.492 e. The number of hydrogen-bond donors (Lipinski definition) is 1. The molecular weight excluding hydrogens is 564 g/mol. The third kappa shape index (κ3) is 11.8. The molecule has 1 unspecified atom stereocenters. The van der Waals surface area contributed by atoms with Gasteiger partial charge in [-0.3, -0.25) is 4.79 Å². The smallest absolute Gasteiger partial charge is 0.322 e. The average Bonchev–Trinajstić information content (AvgIpc) is 3.03. The van der Waals surface area contributed by atoms with Gasteiger partial charge in [-0.05, 0) is 55.0 Å². The molecule has 3 rings (SSSR count). The van der Waals surface area contributed by atoms with Crippen molar-refractivity contribution in [2.75, 3.05) is 25.1 Å². The van der Waals surface area contributed by atoms with Crippen molar-refractivity contribution in [1.82, 2.24) is 4.90 Å². The Labute approximate surface area is 270 Å². The molecule has 0 saturated heterocycles. The molecule has 0 heterocycles. The van der Waals surface area contributed by atoms with E-state index >= 15 is 0 Å². The van der Waals surface area contributed by atoms with E-state index < -0.39 is 5.92 Å². The highest BCUT2D eigenvalue weighted by Crippen LogP contribution is 2.28. The lowest BCUT2D eigenvalue weighted by Crippen LogP contribution is -2.35. The zero-order valence-corrected chi connectivity index (χ0v) is 28.1. The number of ether oxygens (including phenoxy) is 3. The second kappa shape index (κ2) is 18.1. The molecule has 244 valence electrons. The summed E-state index contributed by atoms with van der Waals surface area (Å²) < 4.78 is 17.4. The summed E-state index contributed by atoms with van der Waals surface area (Å²) in [6.07, 6.45) is 5.45. The van der Waals surface area contributed by atoms with Gasteiger partial charge in [-0.15, -0.1) is 0 Å². The van der Waals surface area contributed by atoms with E-state index in [1.54, 1.807) is 13.8 Å². The van der Waals surface area contributed by atoms with Crippen molar-refractivity contribution in [2.45, 2.75) is 92.2 Å². The molecule has 0 aliphatic carbocycles. The largest absolute Gasteiger partial charge is 0.492 e. The number of urea groups is 1. The van der Waals surface area contributed by atoms with Gasteiger partial charge in [0.15, 0.2) is 0 Å². The Morgan fingerprint density at radius 1 is 0.822 bits per heavy atom. The van der Waals surface area contributed by atoms with Gasteiger partial charge in [-0.2, -0.15) is 0 Å². The second-order valence-electron chi connectivity index (χ2n) is 12.6. The molecule has 2 amide bonds. The van der Waals surface area contributed by atoms with E-state index in [0.717, 1.165) is 36.8 Å². The molecule has 3 aromatic rings. The SMILES string of the molecule is CCCCCCCN(Cc1ccccc1OCC(C)C(=O)OCC)C(=O)Nc1ccccc1OCc1ccc(C(C)(C)C)cc1. The van der Waals surface area contributed by atoms with E-state index in [4.69, 9.17) is 14.2 Å². The molecule has 1 N–H and O–H groups in total. The van der Waals surface area contributed by atoms with E-state index in [0.29, 0.717) is 43.5 Å². The molecule has 0 aromatic heterocycles. The standard InChI is InChI=1S/C38H52N2O5/c1-7-9-10-11-16-25-40(26-31-17-12-14-19-34(31)44-27-29(3)36(41)43-8-2)37(42)39-33-18-13-15-20-35(33)45-28-30-21-23-32(24-22-30)38(4,5)6/h12-15,17-24,29H,7-11,16,25-28H2,1-6H3,(H,39,42). The van der Waals surface area contributed by atoms with Gasteiger partial charge in [0.1, 0.15) is 24.7 Å². The number of nitrogens with one attached hydrogen (secondary N) is 1. The predicted octanol–water partition coefficient (Wildman–Crippen LogP) is 9.15. The highest BCUT2D eigenvalue weighted by atomic mass is 16.5. The fourth-order valence-corrected chi connectivity index (χ4v) is 4.86. The zero-order valence-electron chi connectivity index (χ0n) is 28.1. The first kappa shape index (κ1) is 35.5. The summed E-state index contributed by atoms with van der Waals surface area (Å²) in [5, 5.41) is 3.11. The van der Waals surface area contributed by atoms with Gasteiger partial charge >= 0.3 is 12.0 Å². The molecule has 7 heteroatoms. The molecule has 3 aromatic carbocycles. The normalized spacial score (nSPS) is 11.9. The van der Waals surface area contributed by atoms with Crippen molar-refractivity contribution in [1.29, 1.82) is 0 Å². The van der Waals surface area contributed by atoms with Gasteiger partial charge in [0.05, 0.1) is 24.8 Å². The van der Waals surface area contributed by atoms with Crippen LogP contribution in [0.15, 0.2) is 72.8 Å². The lowest BCUT2D eigenvalue weighted by molar-refractivity contribution is -0.148. The van der Waals surface area contributed by atoms with Gasteiger partial charge in [0.2, 0.25) is 0 Å². The van der Waals surface area contributed by atoms with Gasteiger partial charge in [0.25, 0.3) is 0 Å². The van der Waals surface area contributed by atoms with Crippen LogP contribution in [0.4, 0.5) is 10.5 Å². The maximum atomic E-state index is 13.8. The van der Waals surface area contributed by atoms with Crippen LogP contribution in [0, 0.1) is 5.92 Å². The van der Waals surface area contributed by atoms with Crippen LogP contribution in [0.1, 0.15) is 90.3 Å². The monoisotopic (exact) mass is 616 g/mol. The van der Waals surface area contributed by atoms with Crippen molar-refractivity contribution in [3.8, 4) is 11.5 Å². The first-order valence-electron chi connectivity index (χ1n) is 16.4. The van der Waals surface area contributed by atoms with E-state index in [1.807, 2.05) is 53.4 Å². The molecule has 45 heavy (non-hydrogen) atoms. The topological polar surface area (TPSA) is 77.1 Å². The lowest BCUT2D eigenvalue weighted by Gasteiger charge is -2.25. The molecule has 0 aliphatic heterocycles. The Morgan fingerprint density at radius 2 is 1.49 bits per heavy atom. The van der Waals surface area contributed by atoms with Crippen LogP contribution in [-0.2, 0) is 28.1 Å². The fourth-order valence-electron chi connectivity index (χ4n) is 4.86. The van der Waals surface area contributed by atoms with E-state index in [-0.39, 0.29) is 24.0 Å². The van der Waals surface area contributed by atoms with Crippen molar-refractivity contribution >= 4 is 17.7 Å². The predicted molar refractivity (Wildman–Crippen MR) is 182 cm³/mol. The highest BCUT2D eigenvalue weighted by Gasteiger charge is 2.20. The summed E-state index contributed by atoms with van der Waals surface area (Å²) in [7, 11) is 0. The lowest BCUT2D eigenvalue weighted by atomic mass is 9.87. The fraction of sp³-hybridized carbons (Fsp3) is 0.474. The molecule has 0 fully saturated rings. The number of unbranched alkanes of at least 4 members (excludes halogenated alkanes) is 4. The van der Waals surface area contributed by atoms with Crippen LogP contribution < -0.4 is 14.8 Å². The van der Waals surface area contributed by atoms with Crippen LogP contribution in [-0.4, -0.2) is 36.7 Å².